The first-order valence-electron chi connectivity index (χ1n) is 12.8. The summed E-state index contributed by atoms with van der Waals surface area (Å²) in [6.45, 7) is 2.68. The number of ether oxygens (including phenoxy) is 5. The molecule has 1 fully saturated rings. The predicted octanol–water partition coefficient (Wildman–Crippen LogP) is 5.76. The average Bonchev–Trinajstić information content (AvgIpc) is 3.25. The molecule has 1 aliphatic heterocycles. The van der Waals surface area contributed by atoms with Gasteiger partial charge in [-0.15, -0.1) is 0 Å². The van der Waals surface area contributed by atoms with Crippen molar-refractivity contribution in [2.75, 3.05) is 20.3 Å². The van der Waals surface area contributed by atoms with Crippen molar-refractivity contribution in [3.8, 4) is 0 Å². The van der Waals surface area contributed by atoms with E-state index in [9.17, 15) is 10.3 Å². The Hall–Kier alpha value is -3.72. The van der Waals surface area contributed by atoms with E-state index < -0.39 is 30.0 Å². The first kappa shape index (κ1) is 28.3. The number of hydrogen-bond acceptors (Lipinski definition) is 7. The molecule has 1 heterocycles. The molecule has 4 rings (SSSR count). The van der Waals surface area contributed by atoms with Gasteiger partial charge in [0.05, 0.1) is 32.0 Å². The highest BCUT2D eigenvalue weighted by Gasteiger charge is 2.56. The topological polar surface area (TPSA) is 112 Å². The van der Waals surface area contributed by atoms with Gasteiger partial charge in [0.2, 0.25) is 0 Å². The SMILES string of the molecule is COC1O[C@](CCOC(=O)c2ccc(C)cc2)(COCc2ccccc2)[C@@H](OCc2ccccc2)[C@H]1N=[N+]=[N-]. The maximum atomic E-state index is 12.7. The summed E-state index contributed by atoms with van der Waals surface area (Å²) in [5, 5.41) is 3.97. The highest BCUT2D eigenvalue weighted by atomic mass is 16.7. The molecule has 0 spiro atoms. The van der Waals surface area contributed by atoms with Crippen LogP contribution in [-0.2, 0) is 36.9 Å². The normalized spacial score (nSPS) is 22.3. The van der Waals surface area contributed by atoms with E-state index in [2.05, 4.69) is 10.0 Å². The lowest BCUT2D eigenvalue weighted by atomic mass is 9.91. The summed E-state index contributed by atoms with van der Waals surface area (Å²) >= 11 is 0. The molecule has 9 heteroatoms. The molecule has 0 radical (unpaired) electrons. The summed E-state index contributed by atoms with van der Waals surface area (Å²) < 4.78 is 30.1. The van der Waals surface area contributed by atoms with Gasteiger partial charge in [0.25, 0.3) is 0 Å². The van der Waals surface area contributed by atoms with Crippen LogP contribution >= 0.6 is 0 Å². The van der Waals surface area contributed by atoms with E-state index in [1.807, 2.05) is 79.7 Å². The lowest BCUT2D eigenvalue weighted by Gasteiger charge is -2.34. The van der Waals surface area contributed by atoms with Crippen LogP contribution in [0.2, 0.25) is 0 Å². The summed E-state index contributed by atoms with van der Waals surface area (Å²) in [5.74, 6) is -0.440. The van der Waals surface area contributed by atoms with Crippen molar-refractivity contribution >= 4 is 5.97 Å². The fraction of sp³-hybridized carbons (Fsp3) is 0.367. The zero-order valence-electron chi connectivity index (χ0n) is 22.1. The third-order valence-corrected chi connectivity index (χ3v) is 6.65. The summed E-state index contributed by atoms with van der Waals surface area (Å²) in [7, 11) is 1.48. The maximum absolute atomic E-state index is 12.7. The van der Waals surface area contributed by atoms with E-state index in [1.165, 1.54) is 7.11 Å². The Kier molecular flexibility index (Phi) is 10.1. The molecule has 0 amide bonds. The Morgan fingerprint density at radius 1 is 0.974 bits per heavy atom. The zero-order valence-corrected chi connectivity index (χ0v) is 22.1. The quantitative estimate of drug-likeness (QED) is 0.120. The molecule has 1 aliphatic rings. The minimum atomic E-state index is -1.11. The number of rotatable bonds is 13. The lowest BCUT2D eigenvalue weighted by molar-refractivity contribution is -0.198. The van der Waals surface area contributed by atoms with Crippen molar-refractivity contribution in [3.05, 3.63) is 118 Å². The van der Waals surface area contributed by atoms with Crippen molar-refractivity contribution in [3.63, 3.8) is 0 Å². The molecule has 3 aromatic rings. The summed E-state index contributed by atoms with van der Waals surface area (Å²) in [5.41, 5.74) is 11.7. The fourth-order valence-corrected chi connectivity index (χ4v) is 4.59. The van der Waals surface area contributed by atoms with Gasteiger partial charge in [0.1, 0.15) is 17.7 Å². The third kappa shape index (κ3) is 7.44. The first-order chi connectivity index (χ1) is 19.0. The van der Waals surface area contributed by atoms with Crippen molar-refractivity contribution < 1.29 is 28.5 Å². The number of azide groups is 1. The number of methoxy groups -OCH3 is 1. The molecule has 0 aliphatic carbocycles. The Morgan fingerprint density at radius 3 is 2.23 bits per heavy atom. The summed E-state index contributed by atoms with van der Waals surface area (Å²) in [6, 6.07) is 25.8. The second kappa shape index (κ2) is 13.9. The van der Waals surface area contributed by atoms with Gasteiger partial charge < -0.3 is 23.7 Å². The van der Waals surface area contributed by atoms with Gasteiger partial charge in [-0.05, 0) is 35.7 Å². The molecule has 0 aromatic heterocycles. The zero-order chi connectivity index (χ0) is 27.5. The molecule has 204 valence electrons. The van der Waals surface area contributed by atoms with Crippen molar-refractivity contribution in [2.24, 2.45) is 5.11 Å². The van der Waals surface area contributed by atoms with E-state index in [4.69, 9.17) is 23.7 Å². The van der Waals surface area contributed by atoms with Gasteiger partial charge in [0, 0.05) is 18.4 Å². The Bertz CT molecular complexity index is 1230. The standard InChI is InChI=1S/C30H33N3O6/c1-22-13-15-25(16-14-22)28(34)37-18-17-30(21-36-19-23-9-5-3-6-10-23)27(26(32-33-31)29(35-2)39-30)38-20-24-11-7-4-8-12-24/h3-16,26-27,29H,17-21H2,1-2H3/t26-,27+,29?,30-/m1/s1. The van der Waals surface area contributed by atoms with Crippen LogP contribution in [0.3, 0.4) is 0 Å². The molecular formula is C30H33N3O6. The minimum Gasteiger partial charge on any atom is -0.462 e. The van der Waals surface area contributed by atoms with E-state index in [-0.39, 0.29) is 26.2 Å². The number of benzene rings is 3. The van der Waals surface area contributed by atoms with Crippen LogP contribution in [0.25, 0.3) is 10.4 Å². The number of esters is 1. The largest absolute Gasteiger partial charge is 0.462 e. The number of aryl methyl sites for hydroxylation is 1. The van der Waals surface area contributed by atoms with Gasteiger partial charge in [-0.25, -0.2) is 4.79 Å². The van der Waals surface area contributed by atoms with Gasteiger partial charge in [-0.2, -0.15) is 0 Å². The van der Waals surface area contributed by atoms with Crippen LogP contribution in [0.1, 0.15) is 33.5 Å². The van der Waals surface area contributed by atoms with Gasteiger partial charge >= 0.3 is 5.97 Å². The van der Waals surface area contributed by atoms with Crippen molar-refractivity contribution in [2.45, 2.75) is 50.6 Å². The van der Waals surface area contributed by atoms with Gasteiger partial charge in [0.15, 0.2) is 6.29 Å². The molecule has 0 N–H and O–H groups in total. The second-order valence-corrected chi connectivity index (χ2v) is 9.43. The minimum absolute atomic E-state index is 0.0338. The Labute approximate surface area is 228 Å². The van der Waals surface area contributed by atoms with E-state index in [1.54, 1.807) is 12.1 Å². The number of carbonyl (C=O) groups is 1. The molecule has 39 heavy (non-hydrogen) atoms. The molecule has 1 unspecified atom stereocenters. The molecule has 0 bridgehead atoms. The van der Waals surface area contributed by atoms with Gasteiger partial charge in [-0.1, -0.05) is 83.5 Å². The first-order valence-corrected chi connectivity index (χ1v) is 12.8. The number of carbonyl (C=O) groups excluding carboxylic acids is 1. The average molecular weight is 532 g/mol. The number of hydrogen-bond donors (Lipinski definition) is 0. The molecule has 3 aromatic carbocycles. The maximum Gasteiger partial charge on any atom is 0.338 e. The van der Waals surface area contributed by atoms with Crippen LogP contribution < -0.4 is 0 Å². The molecule has 9 nitrogen and oxygen atoms in total. The van der Waals surface area contributed by atoms with Crippen LogP contribution in [0, 0.1) is 6.92 Å². The van der Waals surface area contributed by atoms with E-state index in [0.29, 0.717) is 12.2 Å². The fourth-order valence-electron chi connectivity index (χ4n) is 4.59. The predicted molar refractivity (Wildman–Crippen MR) is 145 cm³/mol. The van der Waals surface area contributed by atoms with Crippen LogP contribution in [0.15, 0.2) is 90.0 Å². The highest BCUT2D eigenvalue weighted by Crippen LogP contribution is 2.39. The summed E-state index contributed by atoms with van der Waals surface area (Å²) in [4.78, 5) is 15.7. The van der Waals surface area contributed by atoms with Crippen molar-refractivity contribution in [1.29, 1.82) is 0 Å². The highest BCUT2D eigenvalue weighted by molar-refractivity contribution is 5.89. The third-order valence-electron chi connectivity index (χ3n) is 6.65. The molecular weight excluding hydrogens is 498 g/mol. The van der Waals surface area contributed by atoms with E-state index >= 15 is 0 Å². The lowest BCUT2D eigenvalue weighted by Crippen LogP contribution is -2.49. The van der Waals surface area contributed by atoms with Crippen molar-refractivity contribution in [1.82, 2.24) is 0 Å². The Morgan fingerprint density at radius 2 is 1.62 bits per heavy atom. The monoisotopic (exact) mass is 531 g/mol. The number of nitrogens with zero attached hydrogens (tertiary/aromatic N) is 3. The second-order valence-electron chi connectivity index (χ2n) is 9.43. The Balaban J connectivity index is 1.55. The smallest absolute Gasteiger partial charge is 0.338 e. The van der Waals surface area contributed by atoms with Crippen LogP contribution in [-0.4, -0.2) is 50.3 Å². The molecule has 0 saturated carbocycles. The van der Waals surface area contributed by atoms with Crippen LogP contribution in [0.5, 0.6) is 0 Å². The van der Waals surface area contributed by atoms with E-state index in [0.717, 1.165) is 16.7 Å². The van der Waals surface area contributed by atoms with Crippen LogP contribution in [0.4, 0.5) is 0 Å². The molecule has 4 atom stereocenters. The molecule has 1 saturated heterocycles. The van der Waals surface area contributed by atoms with Gasteiger partial charge in [-0.3, -0.25) is 0 Å². The summed E-state index contributed by atoms with van der Waals surface area (Å²) in [6.07, 6.45) is -1.36.